The van der Waals surface area contributed by atoms with E-state index in [4.69, 9.17) is 4.74 Å². The van der Waals surface area contributed by atoms with Crippen molar-refractivity contribution in [1.29, 1.82) is 0 Å². The summed E-state index contributed by atoms with van der Waals surface area (Å²) in [7, 11) is 1.60. The third-order valence-electron chi connectivity index (χ3n) is 4.06. The van der Waals surface area contributed by atoms with Crippen molar-refractivity contribution in [3.63, 3.8) is 0 Å². The lowest BCUT2D eigenvalue weighted by Crippen LogP contribution is -2.39. The zero-order chi connectivity index (χ0) is 16.1. The van der Waals surface area contributed by atoms with Crippen molar-refractivity contribution in [2.24, 2.45) is 11.8 Å². The fraction of sp³-hybridized carbons (Fsp3) is 0.412. The largest absolute Gasteiger partial charge is 0.497 e. The molecule has 0 saturated carbocycles. The summed E-state index contributed by atoms with van der Waals surface area (Å²) in [5.41, 5.74) is 0.951. The minimum atomic E-state index is -0.915. The van der Waals surface area contributed by atoms with E-state index in [2.05, 4.69) is 5.32 Å². The highest BCUT2D eigenvalue weighted by Gasteiger charge is 2.34. The van der Waals surface area contributed by atoms with Crippen molar-refractivity contribution in [3.8, 4) is 5.75 Å². The van der Waals surface area contributed by atoms with E-state index < -0.39 is 17.8 Å². The van der Waals surface area contributed by atoms with Gasteiger partial charge < -0.3 is 15.2 Å². The van der Waals surface area contributed by atoms with Crippen LogP contribution in [-0.2, 0) is 9.59 Å². The van der Waals surface area contributed by atoms with Crippen molar-refractivity contribution >= 4 is 11.9 Å². The van der Waals surface area contributed by atoms with Crippen molar-refractivity contribution < 1.29 is 19.4 Å². The molecule has 0 bridgehead atoms. The molecule has 1 aromatic rings. The molecule has 118 valence electrons. The number of methoxy groups -OCH3 is 1. The molecule has 3 unspecified atom stereocenters. The van der Waals surface area contributed by atoms with Gasteiger partial charge in [0.25, 0.3) is 0 Å². The zero-order valence-electron chi connectivity index (χ0n) is 12.8. The topological polar surface area (TPSA) is 75.6 Å². The van der Waals surface area contributed by atoms with E-state index in [0.717, 1.165) is 11.3 Å². The summed E-state index contributed by atoms with van der Waals surface area (Å²) in [6.07, 6.45) is 4.58. The van der Waals surface area contributed by atoms with Crippen LogP contribution in [0, 0.1) is 11.8 Å². The molecule has 22 heavy (non-hydrogen) atoms. The second kappa shape index (κ2) is 7.11. The van der Waals surface area contributed by atoms with E-state index in [9.17, 15) is 14.7 Å². The lowest BCUT2D eigenvalue weighted by Gasteiger charge is -2.26. The van der Waals surface area contributed by atoms with Crippen LogP contribution in [0.2, 0.25) is 0 Å². The van der Waals surface area contributed by atoms with Gasteiger partial charge in [0.1, 0.15) is 5.75 Å². The normalized spacial score (nSPS) is 21.9. The average molecular weight is 303 g/mol. The number of nitrogens with one attached hydrogen (secondary N) is 1. The molecular weight excluding hydrogens is 282 g/mol. The molecule has 5 heteroatoms. The van der Waals surface area contributed by atoms with Crippen LogP contribution < -0.4 is 10.1 Å². The van der Waals surface area contributed by atoms with E-state index in [1.54, 1.807) is 7.11 Å². The number of benzene rings is 1. The molecule has 0 aliphatic heterocycles. The predicted molar refractivity (Wildman–Crippen MR) is 82.5 cm³/mol. The number of hydrogen-bond donors (Lipinski definition) is 2. The molecule has 3 atom stereocenters. The van der Waals surface area contributed by atoms with E-state index in [1.807, 2.05) is 43.3 Å². The van der Waals surface area contributed by atoms with Crippen LogP contribution >= 0.6 is 0 Å². The second-order valence-corrected chi connectivity index (χ2v) is 5.50. The number of ether oxygens (including phenoxy) is 1. The molecule has 2 rings (SSSR count). The van der Waals surface area contributed by atoms with E-state index in [-0.39, 0.29) is 11.9 Å². The summed E-state index contributed by atoms with van der Waals surface area (Å²) in [4.78, 5) is 23.7. The Hall–Kier alpha value is -2.30. The first kappa shape index (κ1) is 16.1. The number of amides is 1. The van der Waals surface area contributed by atoms with Crippen molar-refractivity contribution in [1.82, 2.24) is 5.32 Å². The highest BCUT2D eigenvalue weighted by atomic mass is 16.5. The lowest BCUT2D eigenvalue weighted by atomic mass is 9.82. The summed E-state index contributed by atoms with van der Waals surface area (Å²) in [5, 5.41) is 12.1. The third-order valence-corrected chi connectivity index (χ3v) is 4.06. The van der Waals surface area contributed by atoms with E-state index in [0.29, 0.717) is 12.8 Å². The summed E-state index contributed by atoms with van der Waals surface area (Å²) in [6.45, 7) is 1.88. The number of aliphatic carboxylic acids is 1. The van der Waals surface area contributed by atoms with Crippen LogP contribution in [0.1, 0.15) is 31.4 Å². The maximum absolute atomic E-state index is 12.4. The first-order valence-corrected chi connectivity index (χ1v) is 7.35. The van der Waals surface area contributed by atoms with Gasteiger partial charge in [-0.2, -0.15) is 0 Å². The van der Waals surface area contributed by atoms with Gasteiger partial charge in [-0.25, -0.2) is 0 Å². The molecule has 2 N–H and O–H groups in total. The number of carbonyl (C=O) groups is 2. The summed E-state index contributed by atoms with van der Waals surface area (Å²) >= 11 is 0. The molecule has 0 fully saturated rings. The van der Waals surface area contributed by atoms with Crippen LogP contribution in [0.4, 0.5) is 0 Å². The molecular formula is C17H21NO4. The van der Waals surface area contributed by atoms with E-state index >= 15 is 0 Å². The first-order valence-electron chi connectivity index (χ1n) is 7.35. The van der Waals surface area contributed by atoms with Gasteiger partial charge in [-0.3, -0.25) is 9.59 Å². The number of hydrogen-bond acceptors (Lipinski definition) is 3. The molecule has 1 amide bonds. The van der Waals surface area contributed by atoms with Gasteiger partial charge in [0.15, 0.2) is 0 Å². The molecule has 0 radical (unpaired) electrons. The molecule has 0 aromatic heterocycles. The highest BCUT2D eigenvalue weighted by molar-refractivity contribution is 5.85. The molecule has 0 saturated heterocycles. The third kappa shape index (κ3) is 3.67. The van der Waals surface area contributed by atoms with Crippen LogP contribution in [0.3, 0.4) is 0 Å². The van der Waals surface area contributed by atoms with Gasteiger partial charge in [-0.15, -0.1) is 0 Å². The van der Waals surface area contributed by atoms with E-state index in [1.165, 1.54) is 0 Å². The monoisotopic (exact) mass is 303 g/mol. The highest BCUT2D eigenvalue weighted by Crippen LogP contribution is 2.27. The fourth-order valence-electron chi connectivity index (χ4n) is 2.67. The van der Waals surface area contributed by atoms with Crippen LogP contribution in [0.25, 0.3) is 0 Å². The molecule has 1 aliphatic rings. The van der Waals surface area contributed by atoms with Gasteiger partial charge >= 0.3 is 5.97 Å². The molecule has 1 aromatic carbocycles. The summed E-state index contributed by atoms with van der Waals surface area (Å²) < 4.78 is 5.11. The average Bonchev–Trinajstić information content (AvgIpc) is 2.54. The summed E-state index contributed by atoms with van der Waals surface area (Å²) in [6, 6.07) is 7.26. The maximum Gasteiger partial charge on any atom is 0.307 e. The fourth-order valence-corrected chi connectivity index (χ4v) is 2.67. The van der Waals surface area contributed by atoms with Gasteiger partial charge in [-0.1, -0.05) is 24.3 Å². The number of carbonyl (C=O) groups excluding carboxylic acids is 1. The first-order chi connectivity index (χ1) is 10.5. The van der Waals surface area contributed by atoms with Gasteiger partial charge in [0.05, 0.1) is 25.0 Å². The Balaban J connectivity index is 2.03. The van der Waals surface area contributed by atoms with Gasteiger partial charge in [-0.05, 0) is 37.5 Å². The Labute approximate surface area is 130 Å². The Morgan fingerprint density at radius 3 is 2.32 bits per heavy atom. The second-order valence-electron chi connectivity index (χ2n) is 5.50. The zero-order valence-corrected chi connectivity index (χ0v) is 12.8. The number of carboxylic acids is 1. The SMILES string of the molecule is COc1ccc(C(C)NC(=O)C2CC=CCC2C(=O)O)cc1. The quantitative estimate of drug-likeness (QED) is 0.820. The Bertz CT molecular complexity index is 565. The van der Waals surface area contributed by atoms with Gasteiger partial charge in [0.2, 0.25) is 5.91 Å². The van der Waals surface area contributed by atoms with Gasteiger partial charge in [0, 0.05) is 0 Å². The molecule has 1 aliphatic carbocycles. The standard InChI is InChI=1S/C17H21NO4/c1-11(12-7-9-13(22-2)10-8-12)18-16(19)14-5-3-4-6-15(14)17(20)21/h3-4,7-11,14-15H,5-6H2,1-2H3,(H,18,19)(H,20,21). The van der Waals surface area contributed by atoms with Crippen LogP contribution in [0.5, 0.6) is 5.75 Å². The van der Waals surface area contributed by atoms with Crippen molar-refractivity contribution in [3.05, 3.63) is 42.0 Å². The number of carboxylic acid groups (broad SMARTS) is 1. The molecule has 0 heterocycles. The summed E-state index contributed by atoms with van der Waals surface area (Å²) in [5.74, 6) is -1.52. The smallest absolute Gasteiger partial charge is 0.307 e. The minimum absolute atomic E-state index is 0.182. The van der Waals surface area contributed by atoms with Crippen molar-refractivity contribution in [2.45, 2.75) is 25.8 Å². The minimum Gasteiger partial charge on any atom is -0.497 e. The Kier molecular flexibility index (Phi) is 5.20. The number of allylic oxidation sites excluding steroid dienone is 2. The Morgan fingerprint density at radius 1 is 1.18 bits per heavy atom. The predicted octanol–water partition coefficient (Wildman–Crippen LogP) is 2.54. The Morgan fingerprint density at radius 2 is 1.77 bits per heavy atom. The van der Waals surface area contributed by atoms with Crippen molar-refractivity contribution in [2.75, 3.05) is 7.11 Å². The maximum atomic E-state index is 12.4. The number of rotatable bonds is 5. The van der Waals surface area contributed by atoms with Crippen LogP contribution in [-0.4, -0.2) is 24.1 Å². The lowest BCUT2D eigenvalue weighted by molar-refractivity contribution is -0.147. The molecule has 5 nitrogen and oxygen atoms in total. The van der Waals surface area contributed by atoms with Crippen LogP contribution in [0.15, 0.2) is 36.4 Å². The molecule has 0 spiro atoms.